The van der Waals surface area contributed by atoms with E-state index in [1.54, 1.807) is 22.9 Å². The van der Waals surface area contributed by atoms with Crippen LogP contribution in [0.1, 0.15) is 21.8 Å². The number of aromatic nitrogens is 3. The summed E-state index contributed by atoms with van der Waals surface area (Å²) in [5, 5.41) is 17.9. The maximum atomic E-state index is 13.1. The molecule has 9 nitrogen and oxygen atoms in total. The first-order valence-electron chi connectivity index (χ1n) is 11.7. The van der Waals surface area contributed by atoms with Crippen LogP contribution in [0.25, 0.3) is 21.0 Å². The topological polar surface area (TPSA) is 137 Å². The zero-order valence-corrected chi connectivity index (χ0v) is 23.2. The summed E-state index contributed by atoms with van der Waals surface area (Å²) in [6, 6.07) is 8.49. The number of rotatable bonds is 8. The number of halogens is 4. The number of ether oxygens (including phenoxy) is 1. The van der Waals surface area contributed by atoms with E-state index in [2.05, 4.69) is 10.1 Å². The summed E-state index contributed by atoms with van der Waals surface area (Å²) < 4.78 is 46.3. The van der Waals surface area contributed by atoms with Crippen molar-refractivity contribution in [3.05, 3.63) is 85.4 Å². The van der Waals surface area contributed by atoms with E-state index in [1.807, 2.05) is 0 Å². The Balaban J connectivity index is 0.00000387. The summed E-state index contributed by atoms with van der Waals surface area (Å²) >= 11 is 2.41. The van der Waals surface area contributed by atoms with Gasteiger partial charge in [0.2, 0.25) is 0 Å². The molecule has 5 aromatic rings. The fourth-order valence-electron chi connectivity index (χ4n) is 3.99. The lowest BCUT2D eigenvalue weighted by Gasteiger charge is -2.09. The van der Waals surface area contributed by atoms with Crippen LogP contribution in [0.4, 0.5) is 13.2 Å². The lowest BCUT2D eigenvalue weighted by molar-refractivity contribution is -0.139. The highest BCUT2D eigenvalue weighted by atomic mass is 35.5. The minimum atomic E-state index is -4.50. The number of hydrogen-bond donors (Lipinski definition) is 2. The van der Waals surface area contributed by atoms with Gasteiger partial charge in [-0.25, -0.2) is 9.67 Å². The van der Waals surface area contributed by atoms with E-state index in [1.165, 1.54) is 29.5 Å². The van der Waals surface area contributed by atoms with E-state index in [0.717, 1.165) is 28.2 Å². The van der Waals surface area contributed by atoms with Gasteiger partial charge in [-0.2, -0.15) is 29.6 Å². The molecule has 0 saturated heterocycles. The smallest absolute Gasteiger partial charge is 0.416 e. The van der Waals surface area contributed by atoms with Crippen LogP contribution in [-0.4, -0.2) is 37.9 Å². The molecule has 0 aliphatic carbocycles. The molecule has 15 heteroatoms. The minimum Gasteiger partial charge on any atom is -0.480 e. The second-order valence-electron chi connectivity index (χ2n) is 8.84. The quantitative estimate of drug-likeness (QED) is 0.188. The van der Waals surface area contributed by atoms with Gasteiger partial charge in [0, 0.05) is 16.1 Å². The number of carboxylic acid groups (broad SMARTS) is 1. The largest absolute Gasteiger partial charge is 0.480 e. The summed E-state index contributed by atoms with van der Waals surface area (Å²) in [6.45, 7) is -0.0900. The number of nitrogens with two attached hydrogens (primary N) is 1. The monoisotopic (exact) mass is 624 g/mol. The van der Waals surface area contributed by atoms with E-state index in [9.17, 15) is 27.6 Å². The van der Waals surface area contributed by atoms with Crippen LogP contribution in [0.3, 0.4) is 0 Å². The summed E-state index contributed by atoms with van der Waals surface area (Å²) in [5.74, 6) is -1.53. The zero-order valence-electron chi connectivity index (χ0n) is 20.8. The molecule has 0 aliphatic heterocycles. The lowest BCUT2D eigenvalue weighted by Crippen LogP contribution is -2.32. The summed E-state index contributed by atoms with van der Waals surface area (Å²) in [6.07, 6.45) is -4.64. The van der Waals surface area contributed by atoms with Gasteiger partial charge in [0.1, 0.15) is 16.8 Å². The Kier molecular flexibility index (Phi) is 8.77. The van der Waals surface area contributed by atoms with Crippen LogP contribution < -0.4 is 16.0 Å². The minimum absolute atomic E-state index is 0. The second-order valence-corrected chi connectivity index (χ2v) is 10.7. The number of thiazole rings is 1. The average Bonchev–Trinajstić information content (AvgIpc) is 3.54. The van der Waals surface area contributed by atoms with Crippen molar-refractivity contribution in [2.45, 2.75) is 31.6 Å². The van der Waals surface area contributed by atoms with Gasteiger partial charge in [-0.1, -0.05) is 12.1 Å². The third kappa shape index (κ3) is 6.73. The Morgan fingerprint density at radius 1 is 1.10 bits per heavy atom. The average molecular weight is 625 g/mol. The van der Waals surface area contributed by atoms with E-state index in [-0.39, 0.29) is 43.1 Å². The third-order valence-corrected chi connectivity index (χ3v) is 7.73. The predicted molar refractivity (Wildman–Crippen MR) is 150 cm³/mol. The molecule has 214 valence electrons. The number of benzene rings is 2. The van der Waals surface area contributed by atoms with E-state index >= 15 is 0 Å². The molecule has 3 aromatic heterocycles. The number of esters is 1. The molecule has 0 unspecified atom stereocenters. The van der Waals surface area contributed by atoms with Crippen molar-refractivity contribution in [3.8, 4) is 5.75 Å². The fraction of sp³-hybridized carbons (Fsp3) is 0.192. The number of carboxylic acids is 1. The molecule has 1 atom stereocenters. The van der Waals surface area contributed by atoms with Crippen LogP contribution >= 0.6 is 35.1 Å². The molecule has 3 heterocycles. The Hall–Kier alpha value is -3.85. The molecule has 41 heavy (non-hydrogen) atoms. The van der Waals surface area contributed by atoms with Crippen molar-refractivity contribution in [1.82, 2.24) is 14.8 Å². The van der Waals surface area contributed by atoms with E-state index in [0.29, 0.717) is 31.7 Å². The van der Waals surface area contributed by atoms with Gasteiger partial charge in [0.25, 0.3) is 5.56 Å². The molecule has 3 N–H and O–H groups in total. The highest BCUT2D eigenvalue weighted by molar-refractivity contribution is 7.18. The van der Waals surface area contributed by atoms with Crippen molar-refractivity contribution in [1.29, 1.82) is 0 Å². The van der Waals surface area contributed by atoms with Crippen LogP contribution in [0.15, 0.2) is 58.0 Å². The molecule has 0 bridgehead atoms. The van der Waals surface area contributed by atoms with Gasteiger partial charge in [0.05, 0.1) is 39.8 Å². The molecule has 0 saturated carbocycles. The lowest BCUT2D eigenvalue weighted by atomic mass is 10.1. The maximum absolute atomic E-state index is 13.1. The van der Waals surface area contributed by atoms with Crippen LogP contribution in [0.2, 0.25) is 0 Å². The fourth-order valence-corrected chi connectivity index (χ4v) is 5.76. The number of alkyl halides is 3. The molecular weight excluding hydrogens is 605 g/mol. The van der Waals surface area contributed by atoms with Crippen LogP contribution in [0.5, 0.6) is 5.75 Å². The normalized spacial score (nSPS) is 12.3. The molecule has 5 rings (SSSR count). The Labute approximate surface area is 243 Å². The molecule has 0 fully saturated rings. The standard InChI is InChI=1S/C26H19F3N4O5S2.ClH/c27-26(28,29)14-3-6-21-20(8-14)31-22(40-21)10-33-24(35)17-12-39-11-16(17)19(32-33)9-23(34)38-15-4-1-13(2-5-15)7-18(30)25(36)37;/h1-6,8,11-12,18H,7,9-10,30H2,(H,36,37);1H/t18-;/m0./s1. The highest BCUT2D eigenvalue weighted by Gasteiger charge is 2.31. The molecule has 0 aliphatic rings. The Morgan fingerprint density at radius 3 is 2.49 bits per heavy atom. The van der Waals surface area contributed by atoms with E-state index < -0.39 is 35.3 Å². The molecule has 2 aromatic carbocycles. The highest BCUT2D eigenvalue weighted by Crippen LogP contribution is 2.33. The number of hydrogen-bond acceptors (Lipinski definition) is 9. The van der Waals surface area contributed by atoms with Crippen molar-refractivity contribution in [2.75, 3.05) is 0 Å². The Bertz CT molecular complexity index is 1800. The number of carbonyl (C=O) groups excluding carboxylic acids is 1. The Morgan fingerprint density at radius 2 is 1.80 bits per heavy atom. The van der Waals surface area contributed by atoms with Crippen LogP contribution in [0, 0.1) is 0 Å². The van der Waals surface area contributed by atoms with Crippen molar-refractivity contribution >= 4 is 68.0 Å². The van der Waals surface area contributed by atoms with E-state index in [4.69, 9.17) is 15.6 Å². The number of carbonyl (C=O) groups is 2. The van der Waals surface area contributed by atoms with Gasteiger partial charge >= 0.3 is 18.1 Å². The first-order chi connectivity index (χ1) is 19.0. The summed E-state index contributed by atoms with van der Waals surface area (Å²) in [5.41, 5.74) is 5.43. The van der Waals surface area contributed by atoms with Crippen molar-refractivity contribution < 1.29 is 32.6 Å². The number of fused-ring (bicyclic) bond motifs is 2. The van der Waals surface area contributed by atoms with Crippen LogP contribution in [-0.2, 0) is 35.2 Å². The first kappa shape index (κ1) is 30.1. The van der Waals surface area contributed by atoms with Crippen molar-refractivity contribution in [3.63, 3.8) is 0 Å². The maximum Gasteiger partial charge on any atom is 0.416 e. The third-order valence-electron chi connectivity index (χ3n) is 5.96. The van der Waals surface area contributed by atoms with Gasteiger partial charge in [-0.15, -0.1) is 23.7 Å². The number of aliphatic carboxylic acids is 1. The summed E-state index contributed by atoms with van der Waals surface area (Å²) in [4.78, 5) is 41.0. The SMILES string of the molecule is Cl.N[C@@H](Cc1ccc(OC(=O)Cc2nn(Cc3nc4cc(C(F)(F)F)ccc4s3)c(=O)c3cscc23)cc1)C(=O)O. The predicted octanol–water partition coefficient (Wildman–Crippen LogP) is 4.66. The second kappa shape index (κ2) is 11.9. The van der Waals surface area contributed by atoms with Gasteiger partial charge < -0.3 is 15.6 Å². The molecule has 0 amide bonds. The van der Waals surface area contributed by atoms with Crippen molar-refractivity contribution in [2.24, 2.45) is 5.73 Å². The molecular formula is C26H20ClF3N4O5S2. The first-order valence-corrected chi connectivity index (χ1v) is 13.4. The van der Waals surface area contributed by atoms with Gasteiger partial charge in [-0.3, -0.25) is 14.4 Å². The number of nitrogens with zero attached hydrogens (tertiary/aromatic N) is 3. The molecule has 0 spiro atoms. The number of thiophene rings is 1. The summed E-state index contributed by atoms with van der Waals surface area (Å²) in [7, 11) is 0. The molecule has 0 radical (unpaired) electrons. The zero-order chi connectivity index (χ0) is 28.6. The van der Waals surface area contributed by atoms with Gasteiger partial charge in [-0.05, 0) is 42.3 Å². The van der Waals surface area contributed by atoms with Gasteiger partial charge in [0.15, 0.2) is 0 Å².